The molecule has 98 heavy (non-hydrogen) atoms. The molecule has 554 valence electrons. The Bertz CT molecular complexity index is 3100. The third-order valence-corrected chi connectivity index (χ3v) is 17.7. The lowest BCUT2D eigenvalue weighted by Crippen LogP contribution is -2.33. The molecule has 1 fully saturated rings. The van der Waals surface area contributed by atoms with Crippen molar-refractivity contribution in [1.29, 1.82) is 0 Å². The number of hydrogen-bond acceptors (Lipinski definition) is 19. The van der Waals surface area contributed by atoms with Crippen LogP contribution in [0.3, 0.4) is 0 Å². The minimum atomic E-state index is -0.238. The number of oxazole rings is 2. The maximum atomic E-state index is 12.5. The van der Waals surface area contributed by atoms with E-state index in [0.29, 0.717) is 134 Å². The van der Waals surface area contributed by atoms with Gasteiger partial charge in [-0.2, -0.15) is 9.97 Å². The Labute approximate surface area is 590 Å². The monoisotopic (exact) mass is 1370 g/mol. The summed E-state index contributed by atoms with van der Waals surface area (Å²) in [5, 5.41) is 15.6. The Balaban J connectivity index is 0.000000417. The molecule has 19 heteroatoms. The van der Waals surface area contributed by atoms with Crippen molar-refractivity contribution in [1.82, 2.24) is 40.4 Å². The largest absolute Gasteiger partial charge is 0.449 e. The van der Waals surface area contributed by atoms with Crippen molar-refractivity contribution in [2.75, 3.05) is 0 Å². The van der Waals surface area contributed by atoms with Crippen LogP contribution in [-0.2, 0) is 56.1 Å². The predicted molar refractivity (Wildman–Crippen MR) is 386 cm³/mol. The molecule has 5 aromatic heterocycles. The van der Waals surface area contributed by atoms with Gasteiger partial charge in [0.05, 0.1) is 11.9 Å². The number of carbonyl (C=O) groups excluding carboxylic acids is 6. The second-order valence-electron chi connectivity index (χ2n) is 34.5. The number of rotatable bonds is 31. The van der Waals surface area contributed by atoms with Crippen LogP contribution in [0.4, 0.5) is 0 Å². The van der Waals surface area contributed by atoms with Gasteiger partial charge in [-0.1, -0.05) is 183 Å². The fraction of sp³-hybridized carbons (Fsp3) is 0.772. The quantitative estimate of drug-likeness (QED) is 0.0373. The van der Waals surface area contributed by atoms with E-state index >= 15 is 0 Å². The maximum absolute atomic E-state index is 12.5. The second-order valence-corrected chi connectivity index (χ2v) is 34.5. The van der Waals surface area contributed by atoms with Crippen LogP contribution in [0.25, 0.3) is 0 Å². The molecule has 5 unspecified atom stereocenters. The zero-order valence-electron chi connectivity index (χ0n) is 66.4. The van der Waals surface area contributed by atoms with Gasteiger partial charge in [-0.25, -0.2) is 9.97 Å². The van der Waals surface area contributed by atoms with Crippen molar-refractivity contribution in [3.05, 3.63) is 70.9 Å². The van der Waals surface area contributed by atoms with E-state index < -0.39 is 0 Å². The lowest BCUT2D eigenvalue weighted by molar-refractivity contribution is -0.128. The Morgan fingerprint density at radius 2 is 0.827 bits per heavy atom. The van der Waals surface area contributed by atoms with E-state index in [1.807, 2.05) is 13.8 Å². The molecule has 0 bridgehead atoms. The topological polar surface area (TPSA) is 271 Å². The molecule has 1 aliphatic rings. The number of nitrogens with zero attached hydrogens (tertiary/aromatic N) is 8. The molecular weight excluding hydrogens is 1240 g/mol. The number of carbonyl (C=O) groups is 6. The second kappa shape index (κ2) is 39.7. The van der Waals surface area contributed by atoms with E-state index in [2.05, 4.69) is 214 Å². The molecule has 5 heterocycles. The van der Waals surface area contributed by atoms with Gasteiger partial charge in [-0.3, -0.25) is 28.8 Å². The normalized spacial score (nSPS) is 14.5. The lowest BCUT2D eigenvalue weighted by Gasteiger charge is -2.32. The summed E-state index contributed by atoms with van der Waals surface area (Å²) in [5.41, 5.74) is 0.954. The van der Waals surface area contributed by atoms with Gasteiger partial charge in [0, 0.05) is 107 Å². The van der Waals surface area contributed by atoms with Crippen LogP contribution < -0.4 is 0 Å². The Hall–Kier alpha value is -6.14. The summed E-state index contributed by atoms with van der Waals surface area (Å²) in [6.45, 7) is 60.1. The molecule has 0 N–H and O–H groups in total. The molecule has 0 saturated heterocycles. The van der Waals surface area contributed by atoms with E-state index in [9.17, 15) is 28.8 Å². The lowest BCUT2D eigenvalue weighted by atomic mass is 9.71. The highest BCUT2D eigenvalue weighted by Crippen LogP contribution is 2.40. The molecule has 0 amide bonds. The third-order valence-electron chi connectivity index (χ3n) is 17.7. The predicted octanol–water partition coefficient (Wildman–Crippen LogP) is 19.2. The third kappa shape index (κ3) is 32.0. The zero-order valence-corrected chi connectivity index (χ0v) is 66.4. The fourth-order valence-electron chi connectivity index (χ4n) is 14.8. The molecule has 0 aliphatic heterocycles. The highest BCUT2D eigenvalue weighted by atomic mass is 16.5. The van der Waals surface area contributed by atoms with Crippen molar-refractivity contribution in [3.8, 4) is 0 Å². The van der Waals surface area contributed by atoms with Gasteiger partial charge >= 0.3 is 0 Å². The number of aryl methyl sites for hydroxylation is 8. The maximum Gasteiger partial charge on any atom is 0.293 e. The summed E-state index contributed by atoms with van der Waals surface area (Å²) in [5.74, 6) is 9.70. The van der Waals surface area contributed by atoms with Gasteiger partial charge in [0.25, 0.3) is 5.89 Å². The smallest absolute Gasteiger partial charge is 0.293 e. The van der Waals surface area contributed by atoms with Crippen LogP contribution in [0.1, 0.15) is 320 Å². The zero-order chi connectivity index (χ0) is 75.0. The number of hydrogen-bond donors (Lipinski definition) is 0. The van der Waals surface area contributed by atoms with E-state index in [4.69, 9.17) is 22.3 Å². The van der Waals surface area contributed by atoms with E-state index in [-0.39, 0.29) is 79.9 Å². The number of Topliss-reactive ketones (excluding diaryl/α,β-unsaturated/α-hetero) is 6. The summed E-state index contributed by atoms with van der Waals surface area (Å²) >= 11 is 0. The molecule has 0 spiro atoms. The van der Waals surface area contributed by atoms with Gasteiger partial charge in [-0.05, 0) is 116 Å². The highest BCUT2D eigenvalue weighted by molar-refractivity contribution is 5.89. The van der Waals surface area contributed by atoms with Gasteiger partial charge in [0.15, 0.2) is 23.4 Å². The van der Waals surface area contributed by atoms with Crippen molar-refractivity contribution >= 4 is 34.7 Å². The number of aromatic nitrogens is 8. The molecular formula is C79H132N8O11. The van der Waals surface area contributed by atoms with Crippen LogP contribution in [0.2, 0.25) is 0 Å². The van der Waals surface area contributed by atoms with E-state index in [1.165, 1.54) is 19.8 Å². The molecule has 5 aromatic rings. The first-order valence-electron chi connectivity index (χ1n) is 36.5. The van der Waals surface area contributed by atoms with Crippen LogP contribution in [0.5, 0.6) is 0 Å². The van der Waals surface area contributed by atoms with Crippen LogP contribution in [0.15, 0.2) is 34.8 Å². The van der Waals surface area contributed by atoms with Crippen molar-refractivity contribution < 1.29 is 51.1 Å². The molecule has 1 saturated carbocycles. The van der Waals surface area contributed by atoms with Gasteiger partial charge in [0.1, 0.15) is 40.9 Å². The first-order valence-corrected chi connectivity index (χ1v) is 36.5. The Morgan fingerprint density at radius 3 is 1.14 bits per heavy atom. The molecule has 6 rings (SSSR count). The molecule has 1 aliphatic carbocycles. The Morgan fingerprint density at radius 1 is 0.439 bits per heavy atom. The van der Waals surface area contributed by atoms with E-state index in [1.54, 1.807) is 19.4 Å². The molecule has 5 atom stereocenters. The van der Waals surface area contributed by atoms with Crippen LogP contribution >= 0.6 is 0 Å². The van der Waals surface area contributed by atoms with Crippen molar-refractivity contribution in [2.45, 2.75) is 309 Å². The first kappa shape index (κ1) is 87.9. The van der Waals surface area contributed by atoms with E-state index in [0.717, 1.165) is 61.2 Å². The number of ketones is 6. The average Bonchev–Trinajstić information content (AvgIpc) is 1.01. The standard InChI is InChI=1S/C17H28N2O2.C16H26N2O3.2C16H27NO2.C14H24N2O2/c1-11(2)15(17(3,4)5)13(20)7-6-8-14-18-19-16(21-14)12-9-10-12;1-10(2)14(16(4,5)6)12(20)8-7-9-13-17-15(11(3)19)21-18-13;1-11(2)15(16(4,5)6)13(18)8-7-9-14-17-12(3)10-19-14;1-11(2)15(16(4,5)6)13(18)8-7-9-14-17-10-12(3)19-14;1-9(2)13(14(4,5)6)11(17)7-8-12-15-10(3)16-18-12/h11-12,15H,6-10H2,1-5H3;10,14H,7-9H2,1-6H3;2*10-11,15H,7-9H2,1-6H3;9,13H,7-8H2,1-6H3. The van der Waals surface area contributed by atoms with Gasteiger partial charge in [0.2, 0.25) is 23.5 Å². The Kier molecular flexibility index (Phi) is 35.7. The molecule has 19 nitrogen and oxygen atoms in total. The summed E-state index contributed by atoms with van der Waals surface area (Å²) in [6, 6.07) is 0. The van der Waals surface area contributed by atoms with Crippen molar-refractivity contribution in [3.63, 3.8) is 0 Å². The summed E-state index contributed by atoms with van der Waals surface area (Å²) in [4.78, 5) is 89.6. The first-order chi connectivity index (χ1) is 45.1. The summed E-state index contributed by atoms with van der Waals surface area (Å²) in [7, 11) is 0. The fourth-order valence-corrected chi connectivity index (χ4v) is 14.8. The van der Waals surface area contributed by atoms with Gasteiger partial charge in [-0.15, -0.1) is 10.2 Å². The average molecular weight is 1370 g/mol. The minimum absolute atomic E-state index is 0.00396. The van der Waals surface area contributed by atoms with Gasteiger partial charge < -0.3 is 22.3 Å². The van der Waals surface area contributed by atoms with Crippen molar-refractivity contribution in [2.24, 2.45) is 86.3 Å². The highest BCUT2D eigenvalue weighted by Gasteiger charge is 2.38. The van der Waals surface area contributed by atoms with Crippen LogP contribution in [-0.4, -0.2) is 75.1 Å². The summed E-state index contributed by atoms with van der Waals surface area (Å²) in [6.07, 6.45) is 14.9. The molecule has 0 aromatic carbocycles. The summed E-state index contributed by atoms with van der Waals surface area (Å²) < 4.78 is 26.2. The van der Waals surface area contributed by atoms with Crippen LogP contribution in [0, 0.1) is 107 Å². The minimum Gasteiger partial charge on any atom is -0.449 e. The molecule has 0 radical (unpaired) electrons. The SMILES string of the molecule is CC(=O)c1nc(CCCC(=O)C(C(C)C)C(C)(C)C)no1.CC(C)C(C(=O)CCCc1nnc(C2CC2)o1)C(C)(C)C.Cc1cnc(CCCC(=O)C(C(C)C)C(C)(C)C)o1.Cc1coc(CCCC(=O)C(C(C)C)C(C)(C)C)n1.Cc1noc(CCC(=O)C(C(C)C)C(C)(C)C)n1.